The molecule has 0 nitrogen and oxygen atoms in total. The molecule has 2 aromatic rings. The molecule has 0 fully saturated rings. The molecule has 0 aliphatic heterocycles. The summed E-state index contributed by atoms with van der Waals surface area (Å²) in [7, 11) is 10.6. The second-order valence-electron chi connectivity index (χ2n) is 11.1. The predicted octanol–water partition coefficient (Wildman–Crippen LogP) is 8.31. The van der Waals surface area contributed by atoms with Crippen LogP contribution in [0.2, 0.25) is 39.3 Å². The van der Waals surface area contributed by atoms with Crippen LogP contribution in [0.4, 0.5) is 0 Å². The van der Waals surface area contributed by atoms with Crippen LogP contribution in [-0.4, -0.2) is 16.1 Å². The van der Waals surface area contributed by atoms with E-state index in [1.807, 2.05) is 0 Å². The number of hydrogen-bond acceptors (Lipinski definition) is 0. The van der Waals surface area contributed by atoms with Gasteiger partial charge >= 0.3 is 209 Å². The van der Waals surface area contributed by atoms with Crippen LogP contribution in [0.25, 0.3) is 17.2 Å². The Bertz CT molecular complexity index is 965. The van der Waals surface area contributed by atoms with Gasteiger partial charge < -0.3 is 0 Å². The zero-order chi connectivity index (χ0) is 23.1. The van der Waals surface area contributed by atoms with Crippen molar-refractivity contribution >= 4 is 49.6 Å². The Balaban J connectivity index is 2.27. The number of allylic oxidation sites excluding steroid dienone is 1. The number of rotatable bonds is 7. The molecule has 0 heterocycles. The zero-order valence-electron chi connectivity index (χ0n) is 20.4. The van der Waals surface area contributed by atoms with Crippen LogP contribution in [0.15, 0.2) is 35.9 Å². The van der Waals surface area contributed by atoms with Gasteiger partial charge in [0.05, 0.1) is 0 Å². The van der Waals surface area contributed by atoms with E-state index >= 15 is 0 Å². The summed E-state index contributed by atoms with van der Waals surface area (Å²) < 4.78 is 0.309. The third-order valence-electron chi connectivity index (χ3n) is 6.49. The first-order valence-corrected chi connectivity index (χ1v) is 26.3. The van der Waals surface area contributed by atoms with Crippen molar-refractivity contribution in [2.75, 3.05) is 0 Å². The first kappa shape index (κ1) is 25.7. The zero-order valence-corrected chi connectivity index (χ0v) is 26.4. The molecule has 167 valence electrons. The number of hydrogen-bond donors (Lipinski definition) is 0. The molecule has 0 bridgehead atoms. The average Bonchev–Trinajstić information content (AvgIpc) is 3.02. The molecule has 31 heavy (non-hydrogen) atoms. The number of benzene rings is 2. The maximum absolute atomic E-state index is 6.73. The Kier molecular flexibility index (Phi) is 8.08. The van der Waals surface area contributed by atoms with Gasteiger partial charge in [-0.15, -0.1) is 0 Å². The predicted molar refractivity (Wildman–Crippen MR) is 145 cm³/mol. The van der Waals surface area contributed by atoms with Crippen molar-refractivity contribution in [2.24, 2.45) is 0 Å². The molecular formula is C26H37Cl2Si2Zr. The van der Waals surface area contributed by atoms with E-state index in [-0.39, 0.29) is 0 Å². The van der Waals surface area contributed by atoms with Crippen LogP contribution in [0.5, 0.6) is 0 Å². The van der Waals surface area contributed by atoms with Gasteiger partial charge in [-0.2, -0.15) is 0 Å². The Labute approximate surface area is 207 Å². The average molecular weight is 568 g/mol. The number of fused-ring (bicyclic) bond motifs is 1. The minimum atomic E-state index is -2.48. The van der Waals surface area contributed by atoms with Crippen molar-refractivity contribution in [3.63, 3.8) is 0 Å². The van der Waals surface area contributed by atoms with Gasteiger partial charge in [-0.05, 0) is 0 Å². The normalized spacial score (nSPS) is 16.3. The van der Waals surface area contributed by atoms with Crippen molar-refractivity contribution in [2.45, 2.75) is 76.0 Å². The molecule has 3 rings (SSSR count). The summed E-state index contributed by atoms with van der Waals surface area (Å²) in [5, 5.41) is 3.13. The summed E-state index contributed by atoms with van der Waals surface area (Å²) in [5.74, 6) is 0. The van der Waals surface area contributed by atoms with Gasteiger partial charge in [0.2, 0.25) is 0 Å². The topological polar surface area (TPSA) is 0 Å². The van der Waals surface area contributed by atoms with Crippen molar-refractivity contribution < 1.29 is 19.4 Å². The second-order valence-corrected chi connectivity index (χ2v) is 30.1. The number of aryl methyl sites for hydroxylation is 1. The fraction of sp³-hybridized carbons (Fsp3) is 0.462. The van der Waals surface area contributed by atoms with Crippen molar-refractivity contribution in [3.05, 3.63) is 52.6 Å². The van der Waals surface area contributed by atoms with Gasteiger partial charge in [0.1, 0.15) is 0 Å². The molecule has 0 aromatic heterocycles. The summed E-state index contributed by atoms with van der Waals surface area (Å²) in [6.45, 7) is 19.3. The molecule has 1 atom stereocenters. The minimum absolute atomic E-state index is 0.309. The van der Waals surface area contributed by atoms with E-state index in [2.05, 4.69) is 89.5 Å². The first-order chi connectivity index (χ1) is 14.3. The molecule has 1 aliphatic rings. The standard InChI is InChI=1S/C26H37Si2.2ClH.Zr/c1-9-10-11-20-14-21-13-12-19(2)26(25(21)15-20)22-16-23(27(3,4)5)18-24(17-22)28(6,7)8;;;/h12-18H,9-11H2,1-8H3;2*1H;/q;;;+2/p-2. The Morgan fingerprint density at radius 1 is 0.903 bits per heavy atom. The van der Waals surface area contributed by atoms with Gasteiger partial charge in [-0.3, -0.25) is 0 Å². The van der Waals surface area contributed by atoms with E-state index in [1.54, 1.807) is 10.4 Å². The molecule has 0 N–H and O–H groups in total. The SMILES string of the molecule is CCCCC1=Cc2c(ccc(C)c2-c2cc([Si](C)(C)C)cc([Si](C)(C)C)c2)[CH]1[Zr]([Cl])[Cl]. The molecule has 0 saturated carbocycles. The Morgan fingerprint density at radius 3 is 1.97 bits per heavy atom. The molecule has 0 saturated heterocycles. The molecule has 1 unspecified atom stereocenters. The Morgan fingerprint density at radius 2 is 1.48 bits per heavy atom. The Hall–Kier alpha value is 0.0769. The van der Waals surface area contributed by atoms with Crippen LogP contribution in [0, 0.1) is 6.92 Å². The van der Waals surface area contributed by atoms with Crippen molar-refractivity contribution in [1.29, 1.82) is 0 Å². The van der Waals surface area contributed by atoms with Crippen LogP contribution in [0.3, 0.4) is 0 Å². The van der Waals surface area contributed by atoms with Crippen molar-refractivity contribution in [1.82, 2.24) is 0 Å². The maximum atomic E-state index is 6.73. The van der Waals surface area contributed by atoms with Crippen LogP contribution >= 0.6 is 17.0 Å². The molecule has 0 radical (unpaired) electrons. The fourth-order valence-electron chi connectivity index (χ4n) is 4.50. The number of halogens is 2. The van der Waals surface area contributed by atoms with Crippen LogP contribution < -0.4 is 10.4 Å². The van der Waals surface area contributed by atoms with Gasteiger partial charge in [-0.1, -0.05) is 0 Å². The summed E-state index contributed by atoms with van der Waals surface area (Å²) >= 11 is -2.48. The van der Waals surface area contributed by atoms with Gasteiger partial charge in [0.25, 0.3) is 0 Å². The van der Waals surface area contributed by atoms with E-state index in [0.29, 0.717) is 3.63 Å². The fourth-order valence-corrected chi connectivity index (χ4v) is 12.5. The molecule has 5 heteroatoms. The molecule has 0 spiro atoms. The molecule has 0 amide bonds. The number of unbranched alkanes of at least 4 members (excludes halogenated alkanes) is 1. The molecule has 1 aliphatic carbocycles. The second kappa shape index (κ2) is 9.75. The summed E-state index contributed by atoms with van der Waals surface area (Å²) in [6.07, 6.45) is 5.98. The van der Waals surface area contributed by atoms with Gasteiger partial charge in [-0.25, -0.2) is 0 Å². The van der Waals surface area contributed by atoms with Crippen LogP contribution in [-0.2, 0) is 19.4 Å². The third kappa shape index (κ3) is 5.60. The van der Waals surface area contributed by atoms with E-state index < -0.39 is 35.5 Å². The van der Waals surface area contributed by atoms with Crippen LogP contribution in [0.1, 0.15) is 46.5 Å². The van der Waals surface area contributed by atoms with Crippen molar-refractivity contribution in [3.8, 4) is 11.1 Å². The molecular weight excluding hydrogens is 531 g/mol. The van der Waals surface area contributed by atoms with E-state index in [9.17, 15) is 0 Å². The first-order valence-electron chi connectivity index (χ1n) is 11.5. The quantitative estimate of drug-likeness (QED) is 0.295. The van der Waals surface area contributed by atoms with E-state index in [4.69, 9.17) is 17.0 Å². The van der Waals surface area contributed by atoms with E-state index in [1.165, 1.54) is 46.2 Å². The summed E-state index contributed by atoms with van der Waals surface area (Å²) in [5.41, 5.74) is 8.42. The monoisotopic (exact) mass is 565 g/mol. The van der Waals surface area contributed by atoms with Gasteiger partial charge in [0, 0.05) is 0 Å². The molecule has 2 aromatic carbocycles. The van der Waals surface area contributed by atoms with E-state index in [0.717, 1.165) is 6.42 Å². The third-order valence-corrected chi connectivity index (χ3v) is 15.9. The summed E-state index contributed by atoms with van der Waals surface area (Å²) in [4.78, 5) is 0. The van der Waals surface area contributed by atoms with Gasteiger partial charge in [0.15, 0.2) is 0 Å². The summed E-state index contributed by atoms with van der Waals surface area (Å²) in [6, 6.07) is 12.1.